The summed E-state index contributed by atoms with van der Waals surface area (Å²) in [6.07, 6.45) is 13.7. The number of allylic oxidation sites excluding steroid dienone is 2. The fraction of sp³-hybridized carbons (Fsp3) is 0.619. The monoisotopic (exact) mass is 286 g/mol. The topological polar surface area (TPSA) is 0 Å². The number of benzene rings is 1. The van der Waals surface area contributed by atoms with E-state index in [0.29, 0.717) is 5.92 Å². The molecule has 0 saturated heterocycles. The second-order valence-corrected chi connectivity index (χ2v) is 6.43. The van der Waals surface area contributed by atoms with E-state index < -0.39 is 0 Å². The van der Waals surface area contributed by atoms with Crippen LogP contribution in [-0.2, 0) is 0 Å². The summed E-state index contributed by atoms with van der Waals surface area (Å²) in [6, 6.07) is 9.12. The van der Waals surface area contributed by atoms with Crippen molar-refractivity contribution in [2.24, 2.45) is 0 Å². The summed E-state index contributed by atoms with van der Waals surface area (Å²) >= 11 is 0. The zero-order valence-electron chi connectivity index (χ0n) is 14.6. The van der Waals surface area contributed by atoms with Crippen molar-refractivity contribution < 1.29 is 0 Å². The molecule has 1 unspecified atom stereocenters. The summed E-state index contributed by atoms with van der Waals surface area (Å²) in [5.74, 6) is 1.38. The summed E-state index contributed by atoms with van der Waals surface area (Å²) in [7, 11) is 0. The zero-order valence-corrected chi connectivity index (χ0v) is 14.6. The molecule has 0 spiro atoms. The van der Waals surface area contributed by atoms with Crippen LogP contribution in [0.4, 0.5) is 0 Å². The van der Waals surface area contributed by atoms with Crippen molar-refractivity contribution in [1.29, 1.82) is 0 Å². The van der Waals surface area contributed by atoms with Crippen molar-refractivity contribution in [3.8, 4) is 0 Å². The minimum Gasteiger partial charge on any atom is -0.0888 e. The van der Waals surface area contributed by atoms with Crippen LogP contribution >= 0.6 is 0 Å². The Balaban J connectivity index is 2.74. The quantitative estimate of drug-likeness (QED) is 0.314. The van der Waals surface area contributed by atoms with Crippen molar-refractivity contribution in [1.82, 2.24) is 0 Å². The molecule has 1 aromatic rings. The van der Waals surface area contributed by atoms with E-state index in [4.69, 9.17) is 0 Å². The lowest BCUT2D eigenvalue weighted by atomic mass is 9.83. The minimum absolute atomic E-state index is 0.630. The third-order valence-electron chi connectivity index (χ3n) is 4.29. The molecule has 0 nitrogen and oxygen atoms in total. The Kier molecular flexibility index (Phi) is 9.14. The van der Waals surface area contributed by atoms with E-state index in [0.717, 1.165) is 12.3 Å². The zero-order chi connectivity index (χ0) is 15.5. The molecule has 0 aliphatic rings. The lowest BCUT2D eigenvalue weighted by Crippen LogP contribution is -2.04. The van der Waals surface area contributed by atoms with Crippen LogP contribution in [0.2, 0.25) is 0 Å². The van der Waals surface area contributed by atoms with Gasteiger partial charge in [-0.3, -0.25) is 0 Å². The summed E-state index contributed by atoms with van der Waals surface area (Å²) in [4.78, 5) is 0. The van der Waals surface area contributed by atoms with Crippen molar-refractivity contribution in [2.75, 3.05) is 0 Å². The Bertz CT molecular complexity index is 400. The highest BCUT2D eigenvalue weighted by Gasteiger charge is 2.15. The maximum absolute atomic E-state index is 2.37. The highest BCUT2D eigenvalue weighted by atomic mass is 14.2. The van der Waals surface area contributed by atoms with Crippen LogP contribution in [0.3, 0.4) is 0 Å². The van der Waals surface area contributed by atoms with Crippen molar-refractivity contribution in [3.05, 3.63) is 47.5 Å². The third kappa shape index (κ3) is 6.50. The highest BCUT2D eigenvalue weighted by molar-refractivity contribution is 5.32. The molecule has 1 aromatic carbocycles. The molecule has 0 fully saturated rings. The first-order valence-corrected chi connectivity index (χ1v) is 8.94. The van der Waals surface area contributed by atoms with Crippen LogP contribution in [0.5, 0.6) is 0 Å². The Hall–Kier alpha value is -1.04. The van der Waals surface area contributed by atoms with Gasteiger partial charge in [-0.15, -0.1) is 0 Å². The van der Waals surface area contributed by atoms with E-state index in [9.17, 15) is 0 Å². The standard InChI is InChI=1S/C21H34/c1-5-7-9-10-11-15-19(14-8-6-2)21-17-13-12-16-20(21)18(3)4/h7,9,12-13,16-19H,5-6,8,10-11,14-15H2,1-4H3. The van der Waals surface area contributed by atoms with Gasteiger partial charge in [0.25, 0.3) is 0 Å². The molecule has 0 N–H and O–H groups in total. The molecule has 0 heterocycles. The van der Waals surface area contributed by atoms with Gasteiger partial charge < -0.3 is 0 Å². The molecule has 0 saturated carbocycles. The highest BCUT2D eigenvalue weighted by Crippen LogP contribution is 2.33. The lowest BCUT2D eigenvalue weighted by Gasteiger charge is -2.22. The summed E-state index contributed by atoms with van der Waals surface area (Å²) in [5, 5.41) is 0. The number of hydrogen-bond acceptors (Lipinski definition) is 0. The van der Waals surface area contributed by atoms with Crippen molar-refractivity contribution in [3.63, 3.8) is 0 Å². The molecule has 0 aromatic heterocycles. The van der Waals surface area contributed by atoms with E-state index in [-0.39, 0.29) is 0 Å². The first-order valence-electron chi connectivity index (χ1n) is 8.94. The van der Waals surface area contributed by atoms with Crippen LogP contribution in [0, 0.1) is 0 Å². The second kappa shape index (κ2) is 10.7. The van der Waals surface area contributed by atoms with Gasteiger partial charge in [-0.2, -0.15) is 0 Å². The number of rotatable bonds is 10. The summed E-state index contributed by atoms with van der Waals surface area (Å²) < 4.78 is 0. The Labute approximate surface area is 132 Å². The Morgan fingerprint density at radius 2 is 1.57 bits per heavy atom. The fourth-order valence-corrected chi connectivity index (χ4v) is 3.08. The van der Waals surface area contributed by atoms with Crippen molar-refractivity contribution >= 4 is 0 Å². The predicted molar refractivity (Wildman–Crippen MR) is 96.1 cm³/mol. The van der Waals surface area contributed by atoms with Gasteiger partial charge in [0.1, 0.15) is 0 Å². The first kappa shape index (κ1) is 18.0. The van der Waals surface area contributed by atoms with Crippen LogP contribution < -0.4 is 0 Å². The van der Waals surface area contributed by atoms with Gasteiger partial charge >= 0.3 is 0 Å². The van der Waals surface area contributed by atoms with Crippen LogP contribution in [-0.4, -0.2) is 0 Å². The lowest BCUT2D eigenvalue weighted by molar-refractivity contribution is 0.525. The van der Waals surface area contributed by atoms with E-state index in [1.54, 1.807) is 11.1 Å². The largest absolute Gasteiger partial charge is 0.0888 e. The molecule has 1 rings (SSSR count). The Morgan fingerprint density at radius 1 is 0.905 bits per heavy atom. The summed E-state index contributed by atoms with van der Waals surface area (Å²) in [6.45, 7) is 9.15. The smallest absolute Gasteiger partial charge is 0.0159 e. The normalized spacial score (nSPS) is 13.2. The SMILES string of the molecule is CCC=CCCCC(CCCC)c1ccccc1C(C)C. The first-order chi connectivity index (χ1) is 10.2. The predicted octanol–water partition coefficient (Wildman–Crippen LogP) is 7.22. The Morgan fingerprint density at radius 3 is 2.19 bits per heavy atom. The minimum atomic E-state index is 0.630. The van der Waals surface area contributed by atoms with Crippen LogP contribution in [0.15, 0.2) is 36.4 Å². The molecule has 0 amide bonds. The van der Waals surface area contributed by atoms with Gasteiger partial charge in [0.15, 0.2) is 0 Å². The van der Waals surface area contributed by atoms with Gasteiger partial charge in [-0.1, -0.05) is 77.0 Å². The van der Waals surface area contributed by atoms with E-state index in [1.807, 2.05) is 0 Å². The molecular weight excluding hydrogens is 252 g/mol. The van der Waals surface area contributed by atoms with Crippen LogP contribution in [0.1, 0.15) is 95.6 Å². The van der Waals surface area contributed by atoms with E-state index in [1.165, 1.54) is 38.5 Å². The molecule has 0 radical (unpaired) electrons. The average molecular weight is 287 g/mol. The molecule has 21 heavy (non-hydrogen) atoms. The molecular formula is C21H34. The van der Waals surface area contributed by atoms with Crippen LogP contribution in [0.25, 0.3) is 0 Å². The van der Waals surface area contributed by atoms with Gasteiger partial charge in [0, 0.05) is 0 Å². The maximum Gasteiger partial charge on any atom is -0.0159 e. The maximum atomic E-state index is 2.37. The fourth-order valence-electron chi connectivity index (χ4n) is 3.08. The van der Waals surface area contributed by atoms with Gasteiger partial charge in [0.05, 0.1) is 0 Å². The number of hydrogen-bond donors (Lipinski definition) is 0. The van der Waals surface area contributed by atoms with E-state index >= 15 is 0 Å². The molecule has 118 valence electrons. The molecule has 1 atom stereocenters. The second-order valence-electron chi connectivity index (χ2n) is 6.43. The third-order valence-corrected chi connectivity index (χ3v) is 4.29. The van der Waals surface area contributed by atoms with Gasteiger partial charge in [0.2, 0.25) is 0 Å². The molecule has 0 aliphatic heterocycles. The number of unbranched alkanes of at least 4 members (excludes halogenated alkanes) is 2. The molecule has 0 heteroatoms. The van der Waals surface area contributed by atoms with Crippen molar-refractivity contribution in [2.45, 2.75) is 84.5 Å². The molecule has 0 aliphatic carbocycles. The van der Waals surface area contributed by atoms with Gasteiger partial charge in [-0.05, 0) is 55.1 Å². The molecule has 0 bridgehead atoms. The summed E-state index contributed by atoms with van der Waals surface area (Å²) in [5.41, 5.74) is 3.17. The van der Waals surface area contributed by atoms with Gasteiger partial charge in [-0.25, -0.2) is 0 Å². The average Bonchev–Trinajstić information content (AvgIpc) is 2.50. The van der Waals surface area contributed by atoms with E-state index in [2.05, 4.69) is 64.1 Å².